The van der Waals surface area contributed by atoms with E-state index in [0.29, 0.717) is 0 Å². The molecule has 0 fully saturated rings. The minimum absolute atomic E-state index is 0. The number of halogens is 2. The maximum absolute atomic E-state index is 3.69. The number of hydrogen-bond donors (Lipinski definition) is 0. The first-order valence-corrected chi connectivity index (χ1v) is 17.0. The monoisotopic (exact) mass is 726 g/mol. The Morgan fingerprint density at radius 1 is 0.696 bits per heavy atom. The van der Waals surface area contributed by atoms with Crippen LogP contribution in [0.25, 0.3) is 11.1 Å². The molecule has 0 aliphatic heterocycles. The number of allylic oxidation sites excluding steroid dienone is 4. The molecule has 46 heavy (non-hydrogen) atoms. The van der Waals surface area contributed by atoms with Crippen LogP contribution in [0, 0.1) is 39.8 Å². The Bertz CT molecular complexity index is 1600. The molecule has 4 aromatic rings. The van der Waals surface area contributed by atoms with Gasteiger partial charge in [-0.3, -0.25) is 6.08 Å². The van der Waals surface area contributed by atoms with Crippen LogP contribution in [0.3, 0.4) is 0 Å². The Balaban J connectivity index is 0.000000278. The van der Waals surface area contributed by atoms with Crippen LogP contribution in [0.5, 0.6) is 0 Å². The molecule has 0 heterocycles. The summed E-state index contributed by atoms with van der Waals surface area (Å²) in [6.45, 7) is 22.5. The van der Waals surface area contributed by atoms with Gasteiger partial charge in [-0.1, -0.05) is 71.6 Å². The second kappa shape index (κ2) is 16.7. The van der Waals surface area contributed by atoms with E-state index >= 15 is 0 Å². The number of aryl methyl sites for hydroxylation is 4. The van der Waals surface area contributed by atoms with E-state index in [-0.39, 0.29) is 35.6 Å². The largest absolute Gasteiger partial charge is 0.273 e. The Hall–Kier alpha value is -2.31. The van der Waals surface area contributed by atoms with Gasteiger partial charge in [-0.25, -0.2) is 12.2 Å². The van der Waals surface area contributed by atoms with Crippen molar-refractivity contribution in [1.82, 2.24) is 0 Å². The van der Waals surface area contributed by atoms with E-state index in [4.69, 9.17) is 0 Å². The smallest absolute Gasteiger partial charge is 0.109 e. The molecule has 0 saturated heterocycles. The number of benzene rings is 4. The van der Waals surface area contributed by atoms with Gasteiger partial charge in [0.15, 0.2) is 0 Å². The minimum Gasteiger partial charge on any atom is -0.273 e. The van der Waals surface area contributed by atoms with Crippen LogP contribution in [0.15, 0.2) is 85.0 Å². The second-order valence-electron chi connectivity index (χ2n) is 14.3. The Kier molecular flexibility index (Phi) is 14.5. The SMILES string of the molecule is Cc1[c-]c2c(cc1C(C)(C)C)-c1cc(C(C)(C)C)c(C)cc1C2.Cc1cccc([C](=[Zr+2])c2cccc(C)c2)c1.Cl.Cl.[C-]1=CC=CC1. The van der Waals surface area contributed by atoms with E-state index < -0.39 is 0 Å². The van der Waals surface area contributed by atoms with Crippen LogP contribution in [-0.2, 0) is 41.5 Å². The van der Waals surface area contributed by atoms with Crippen LogP contribution in [0.1, 0.15) is 104 Å². The summed E-state index contributed by atoms with van der Waals surface area (Å²) in [7, 11) is 0. The molecule has 2 aliphatic rings. The normalized spacial score (nSPS) is 12.4. The molecule has 0 unspecified atom stereocenters. The molecule has 4 aromatic carbocycles. The summed E-state index contributed by atoms with van der Waals surface area (Å²) in [5.41, 5.74) is 17.0. The van der Waals surface area contributed by atoms with Crippen molar-refractivity contribution in [1.29, 1.82) is 0 Å². The summed E-state index contributed by atoms with van der Waals surface area (Å²) >= 11 is 1.47. The Morgan fingerprint density at radius 3 is 1.67 bits per heavy atom. The van der Waals surface area contributed by atoms with E-state index in [1.54, 1.807) is 0 Å². The number of rotatable bonds is 2. The second-order valence-corrected chi connectivity index (χ2v) is 15.5. The quantitative estimate of drug-likeness (QED) is 0.159. The van der Waals surface area contributed by atoms with Gasteiger partial charge in [0.2, 0.25) is 0 Å². The fraction of sp³-hybridized carbons (Fsp3) is 0.326. The van der Waals surface area contributed by atoms with Gasteiger partial charge in [0.05, 0.1) is 0 Å². The molecule has 240 valence electrons. The molecule has 2 aliphatic carbocycles. The van der Waals surface area contributed by atoms with Crippen molar-refractivity contribution in [3.8, 4) is 11.1 Å². The minimum atomic E-state index is 0. The van der Waals surface area contributed by atoms with Crippen LogP contribution < -0.4 is 0 Å². The van der Waals surface area contributed by atoms with E-state index in [1.807, 2.05) is 12.2 Å². The molecular weight excluding hydrogens is 679 g/mol. The average molecular weight is 729 g/mol. The first-order chi connectivity index (χ1) is 20.6. The van der Waals surface area contributed by atoms with E-state index in [0.717, 1.165) is 12.8 Å². The predicted molar refractivity (Wildman–Crippen MR) is 202 cm³/mol. The summed E-state index contributed by atoms with van der Waals surface area (Å²) < 4.78 is 1.43. The third kappa shape index (κ3) is 10.1. The molecule has 0 saturated carbocycles. The molecule has 0 amide bonds. The molecule has 0 N–H and O–H groups in total. The first kappa shape index (κ1) is 39.9. The van der Waals surface area contributed by atoms with E-state index in [9.17, 15) is 0 Å². The zero-order valence-corrected chi connectivity index (χ0v) is 33.4. The van der Waals surface area contributed by atoms with Crippen molar-refractivity contribution in [2.45, 2.75) is 92.9 Å². The summed E-state index contributed by atoms with van der Waals surface area (Å²) in [5, 5.41) is 0. The molecule has 3 heteroatoms. The average Bonchev–Trinajstić information content (AvgIpc) is 3.62. The van der Waals surface area contributed by atoms with Crippen LogP contribution in [0.4, 0.5) is 0 Å². The summed E-state index contributed by atoms with van der Waals surface area (Å²) in [5.74, 6) is 0. The van der Waals surface area contributed by atoms with Gasteiger partial charge < -0.3 is 0 Å². The summed E-state index contributed by atoms with van der Waals surface area (Å²) in [6.07, 6.45) is 11.0. The molecule has 0 nitrogen and oxygen atoms in total. The molecule has 0 bridgehead atoms. The predicted octanol–water partition coefficient (Wildman–Crippen LogP) is 11.8. The van der Waals surface area contributed by atoms with Gasteiger partial charge >= 0.3 is 112 Å². The fourth-order valence-corrected chi connectivity index (χ4v) is 6.90. The van der Waals surface area contributed by atoms with Crippen molar-refractivity contribution in [2.24, 2.45) is 0 Å². The van der Waals surface area contributed by atoms with Gasteiger partial charge in [-0.2, -0.15) is 23.8 Å². The zero-order valence-electron chi connectivity index (χ0n) is 29.3. The third-order valence-electron chi connectivity index (χ3n) is 8.28. The van der Waals surface area contributed by atoms with Crippen LogP contribution in [-0.4, -0.2) is 3.21 Å². The van der Waals surface area contributed by atoms with Crippen molar-refractivity contribution in [3.05, 3.63) is 153 Å². The van der Waals surface area contributed by atoms with Gasteiger partial charge in [0, 0.05) is 0 Å². The van der Waals surface area contributed by atoms with Crippen LogP contribution in [0.2, 0.25) is 0 Å². The van der Waals surface area contributed by atoms with Crippen molar-refractivity contribution in [2.75, 3.05) is 0 Å². The van der Waals surface area contributed by atoms with E-state index in [1.165, 1.54) is 94.2 Å². The third-order valence-corrected chi connectivity index (χ3v) is 9.70. The van der Waals surface area contributed by atoms with Gasteiger partial charge in [0.1, 0.15) is 0 Å². The standard InChI is InChI=1S/C23H29.C15H14.C5H5.2ClH.Zr/c1-14-9-16-11-17-10-15(2)21(23(6,7)8)13-19(17)18(16)12-20(14)22(3,4)5;1-12-5-3-7-14(9-12)11-15-8-4-6-13(2)10-15;1-2-4-5-3-1;;;/h9,12-13H,11H2,1-8H3;3-10H,1-2H3;1-3H,4H2;2*1H;/q-1;;-1;;;+2. The molecule has 0 spiro atoms. The Morgan fingerprint density at radius 2 is 1.24 bits per heavy atom. The topological polar surface area (TPSA) is 0 Å². The van der Waals surface area contributed by atoms with Gasteiger partial charge in [0.25, 0.3) is 0 Å². The maximum Gasteiger partial charge on any atom is -0.109 e. The van der Waals surface area contributed by atoms with Crippen molar-refractivity contribution in [3.63, 3.8) is 0 Å². The summed E-state index contributed by atoms with van der Waals surface area (Å²) in [6, 6.07) is 28.4. The van der Waals surface area contributed by atoms with Crippen LogP contribution >= 0.6 is 24.8 Å². The molecule has 0 aromatic heterocycles. The van der Waals surface area contributed by atoms with Crippen molar-refractivity contribution < 1.29 is 24.2 Å². The Labute approximate surface area is 307 Å². The van der Waals surface area contributed by atoms with Gasteiger partial charge in [-0.15, -0.1) is 47.9 Å². The molecule has 0 radical (unpaired) electrons. The number of fused-ring (bicyclic) bond motifs is 3. The zero-order chi connectivity index (χ0) is 32.2. The van der Waals surface area contributed by atoms with Crippen molar-refractivity contribution >= 4 is 28.0 Å². The first-order valence-electron chi connectivity index (χ1n) is 15.8. The molecule has 0 atom stereocenters. The number of hydrogen-bond acceptors (Lipinski definition) is 0. The molecule has 6 rings (SSSR count). The summed E-state index contributed by atoms with van der Waals surface area (Å²) in [4.78, 5) is 0. The fourth-order valence-electron chi connectivity index (χ4n) is 6.13. The van der Waals surface area contributed by atoms with Gasteiger partial charge in [-0.05, 0) is 35.4 Å². The maximum atomic E-state index is 3.69. The molecular formula is C43H50Cl2Zr. The van der Waals surface area contributed by atoms with E-state index in [2.05, 4.69) is 154 Å².